The van der Waals surface area contributed by atoms with Crippen molar-refractivity contribution in [2.75, 3.05) is 22.5 Å². The maximum atomic E-state index is 12.2. The first-order chi connectivity index (χ1) is 12.4. The predicted octanol–water partition coefficient (Wildman–Crippen LogP) is 4.36. The summed E-state index contributed by atoms with van der Waals surface area (Å²) >= 11 is 6.09. The lowest BCUT2D eigenvalue weighted by atomic mass is 10.1. The van der Waals surface area contributed by atoms with Crippen molar-refractivity contribution in [3.63, 3.8) is 0 Å². The van der Waals surface area contributed by atoms with Gasteiger partial charge in [0.05, 0.1) is 6.54 Å². The van der Waals surface area contributed by atoms with E-state index in [1.807, 2.05) is 44.2 Å². The molecule has 1 aliphatic carbocycles. The van der Waals surface area contributed by atoms with Crippen LogP contribution in [-0.4, -0.2) is 18.4 Å². The van der Waals surface area contributed by atoms with E-state index in [-0.39, 0.29) is 24.3 Å². The Kier molecular flexibility index (Phi) is 5.47. The number of nitrogens with one attached hydrogen (secondary N) is 3. The Morgan fingerprint density at radius 1 is 1.08 bits per heavy atom. The molecule has 0 spiro atoms. The molecular weight excluding hydrogens is 350 g/mol. The monoisotopic (exact) mass is 371 g/mol. The summed E-state index contributed by atoms with van der Waals surface area (Å²) in [6.45, 7) is 3.93. The third kappa shape index (κ3) is 4.55. The van der Waals surface area contributed by atoms with Gasteiger partial charge in [0.1, 0.15) is 0 Å². The zero-order chi connectivity index (χ0) is 18.7. The van der Waals surface area contributed by atoms with Gasteiger partial charge in [0.25, 0.3) is 0 Å². The molecule has 136 valence electrons. The fourth-order valence-corrected chi connectivity index (χ4v) is 2.75. The van der Waals surface area contributed by atoms with E-state index in [9.17, 15) is 9.59 Å². The topological polar surface area (TPSA) is 70.2 Å². The lowest BCUT2D eigenvalue weighted by molar-refractivity contribution is -0.117. The van der Waals surface area contributed by atoms with E-state index in [0.29, 0.717) is 10.7 Å². The zero-order valence-electron chi connectivity index (χ0n) is 14.9. The molecule has 1 aliphatic rings. The minimum absolute atomic E-state index is 0.0505. The largest absolute Gasteiger partial charge is 0.376 e. The van der Waals surface area contributed by atoms with E-state index >= 15 is 0 Å². The molecule has 0 aromatic heterocycles. The molecule has 0 atom stereocenters. The van der Waals surface area contributed by atoms with Crippen LogP contribution >= 0.6 is 11.6 Å². The molecule has 5 nitrogen and oxygen atoms in total. The first kappa shape index (κ1) is 18.3. The molecule has 0 radical (unpaired) electrons. The molecule has 0 bridgehead atoms. The van der Waals surface area contributed by atoms with Crippen LogP contribution in [0.3, 0.4) is 0 Å². The first-order valence-electron chi connectivity index (χ1n) is 8.64. The summed E-state index contributed by atoms with van der Waals surface area (Å²) in [6.07, 6.45) is 1.91. The van der Waals surface area contributed by atoms with Gasteiger partial charge in [0.15, 0.2) is 0 Å². The summed E-state index contributed by atoms with van der Waals surface area (Å²) in [4.78, 5) is 24.2. The number of rotatable bonds is 6. The number of carbonyl (C=O) groups excluding carboxylic acids is 2. The van der Waals surface area contributed by atoms with Crippen LogP contribution in [0.25, 0.3) is 0 Å². The molecule has 1 fully saturated rings. The molecule has 0 aliphatic heterocycles. The Bertz CT molecular complexity index is 847. The van der Waals surface area contributed by atoms with E-state index < -0.39 is 0 Å². The minimum atomic E-state index is -0.171. The second kappa shape index (κ2) is 7.79. The van der Waals surface area contributed by atoms with Gasteiger partial charge in [-0.25, -0.2) is 0 Å². The van der Waals surface area contributed by atoms with Gasteiger partial charge in [-0.3, -0.25) is 9.59 Å². The standard InChI is InChI=1S/C20H22ClN3O2/c1-12-6-9-15(10-16(12)21)22-11-19(25)23-17-4-3-5-18(13(17)2)24-20(26)14-7-8-14/h3-6,9-10,14,22H,7-8,11H2,1-2H3,(H,23,25)(H,24,26). The predicted molar refractivity (Wildman–Crippen MR) is 106 cm³/mol. The quantitative estimate of drug-likeness (QED) is 0.706. The number of halogens is 1. The highest BCUT2D eigenvalue weighted by atomic mass is 35.5. The Morgan fingerprint density at radius 2 is 1.77 bits per heavy atom. The van der Waals surface area contributed by atoms with Crippen LogP contribution < -0.4 is 16.0 Å². The minimum Gasteiger partial charge on any atom is -0.376 e. The van der Waals surface area contributed by atoms with E-state index in [0.717, 1.165) is 35.3 Å². The molecule has 2 aromatic carbocycles. The number of aryl methyl sites for hydroxylation is 1. The molecule has 3 N–H and O–H groups in total. The third-order valence-electron chi connectivity index (χ3n) is 4.44. The average molecular weight is 372 g/mol. The zero-order valence-corrected chi connectivity index (χ0v) is 15.6. The van der Waals surface area contributed by atoms with Crippen LogP contribution in [0.1, 0.15) is 24.0 Å². The Hall–Kier alpha value is -2.53. The number of anilines is 3. The van der Waals surface area contributed by atoms with Crippen LogP contribution in [0.2, 0.25) is 5.02 Å². The van der Waals surface area contributed by atoms with Crippen LogP contribution in [-0.2, 0) is 9.59 Å². The van der Waals surface area contributed by atoms with Gasteiger partial charge in [-0.05, 0) is 62.1 Å². The second-order valence-corrected chi connectivity index (χ2v) is 7.01. The van der Waals surface area contributed by atoms with Gasteiger partial charge in [-0.1, -0.05) is 23.7 Å². The maximum absolute atomic E-state index is 12.2. The van der Waals surface area contributed by atoms with Crippen LogP contribution in [0, 0.1) is 19.8 Å². The van der Waals surface area contributed by atoms with E-state index in [1.54, 1.807) is 6.07 Å². The van der Waals surface area contributed by atoms with E-state index in [1.165, 1.54) is 0 Å². The van der Waals surface area contributed by atoms with Crippen LogP contribution in [0.15, 0.2) is 36.4 Å². The maximum Gasteiger partial charge on any atom is 0.243 e. The highest BCUT2D eigenvalue weighted by Gasteiger charge is 2.29. The van der Waals surface area contributed by atoms with Crippen molar-refractivity contribution in [1.29, 1.82) is 0 Å². The van der Waals surface area contributed by atoms with Crippen molar-refractivity contribution in [2.45, 2.75) is 26.7 Å². The molecule has 0 heterocycles. The molecule has 3 rings (SSSR count). The van der Waals surface area contributed by atoms with Crippen molar-refractivity contribution in [3.05, 3.63) is 52.5 Å². The van der Waals surface area contributed by atoms with Crippen molar-refractivity contribution in [1.82, 2.24) is 0 Å². The molecule has 2 aromatic rings. The van der Waals surface area contributed by atoms with Crippen molar-refractivity contribution < 1.29 is 9.59 Å². The van der Waals surface area contributed by atoms with Gasteiger partial charge in [-0.2, -0.15) is 0 Å². The van der Waals surface area contributed by atoms with E-state index in [4.69, 9.17) is 11.6 Å². The van der Waals surface area contributed by atoms with Crippen molar-refractivity contribution in [2.24, 2.45) is 5.92 Å². The number of benzene rings is 2. The summed E-state index contributed by atoms with van der Waals surface area (Å²) < 4.78 is 0. The average Bonchev–Trinajstić information content (AvgIpc) is 3.44. The smallest absolute Gasteiger partial charge is 0.243 e. The summed E-state index contributed by atoms with van der Waals surface area (Å²) in [7, 11) is 0. The molecule has 1 saturated carbocycles. The highest BCUT2D eigenvalue weighted by molar-refractivity contribution is 6.31. The van der Waals surface area contributed by atoms with Crippen LogP contribution in [0.4, 0.5) is 17.1 Å². The summed E-state index contributed by atoms with van der Waals surface area (Å²) in [6, 6.07) is 11.1. The lowest BCUT2D eigenvalue weighted by Gasteiger charge is -2.14. The van der Waals surface area contributed by atoms with Gasteiger partial charge in [0.2, 0.25) is 11.8 Å². The van der Waals surface area contributed by atoms with Crippen molar-refractivity contribution in [3.8, 4) is 0 Å². The molecule has 2 amide bonds. The molecular formula is C20H22ClN3O2. The molecule has 26 heavy (non-hydrogen) atoms. The van der Waals surface area contributed by atoms with Crippen LogP contribution in [0.5, 0.6) is 0 Å². The molecule has 0 unspecified atom stereocenters. The first-order valence-corrected chi connectivity index (χ1v) is 9.02. The van der Waals surface area contributed by atoms with Gasteiger partial charge in [0, 0.05) is 28.0 Å². The molecule has 0 saturated heterocycles. The fourth-order valence-electron chi connectivity index (χ4n) is 2.57. The normalized spacial score (nSPS) is 13.2. The molecule has 6 heteroatoms. The number of amides is 2. The third-order valence-corrected chi connectivity index (χ3v) is 4.85. The van der Waals surface area contributed by atoms with E-state index in [2.05, 4.69) is 16.0 Å². The highest BCUT2D eigenvalue weighted by Crippen LogP contribution is 2.31. The number of carbonyl (C=O) groups is 2. The SMILES string of the molecule is Cc1ccc(NCC(=O)Nc2cccc(NC(=O)C3CC3)c2C)cc1Cl. The fraction of sp³-hybridized carbons (Fsp3) is 0.300. The lowest BCUT2D eigenvalue weighted by Crippen LogP contribution is -2.22. The van der Waals surface area contributed by atoms with Crippen molar-refractivity contribution >= 4 is 40.5 Å². The van der Waals surface area contributed by atoms with Gasteiger partial charge >= 0.3 is 0 Å². The summed E-state index contributed by atoms with van der Waals surface area (Å²) in [5, 5.41) is 9.53. The Morgan fingerprint density at radius 3 is 2.42 bits per heavy atom. The Balaban J connectivity index is 1.59. The van der Waals surface area contributed by atoms with Gasteiger partial charge < -0.3 is 16.0 Å². The number of hydrogen-bond donors (Lipinski definition) is 3. The Labute approximate surface area is 158 Å². The number of hydrogen-bond acceptors (Lipinski definition) is 3. The second-order valence-electron chi connectivity index (χ2n) is 6.61. The van der Waals surface area contributed by atoms with Gasteiger partial charge in [-0.15, -0.1) is 0 Å². The summed E-state index contributed by atoms with van der Waals surface area (Å²) in [5.74, 6) is 0.0168. The summed E-state index contributed by atoms with van der Waals surface area (Å²) in [5.41, 5.74) is 4.04.